The molecule has 0 aromatic heterocycles. The van der Waals surface area contributed by atoms with Gasteiger partial charge in [-0.25, -0.2) is 0 Å². The Balaban J connectivity index is 1.48. The van der Waals surface area contributed by atoms with E-state index >= 15 is 4.79 Å². The average molecular weight is 585 g/mol. The van der Waals surface area contributed by atoms with Gasteiger partial charge in [-0.05, 0) is 128 Å². The highest BCUT2D eigenvalue weighted by Crippen LogP contribution is 2.72. The van der Waals surface area contributed by atoms with Crippen LogP contribution >= 0.6 is 0 Å². The Bertz CT molecular complexity index is 1000. The zero-order chi connectivity index (χ0) is 31.3. The van der Waals surface area contributed by atoms with Crippen LogP contribution in [0.25, 0.3) is 0 Å². The molecule has 2 N–H and O–H groups in total. The van der Waals surface area contributed by atoms with Gasteiger partial charge in [-0.1, -0.05) is 76.2 Å². The zero-order valence-electron chi connectivity index (χ0n) is 29.5. The monoisotopic (exact) mass is 585 g/mol. The number of carbonyl (C=O) groups excluding carboxylic acids is 1. The molecule has 242 valence electrons. The Kier molecular flexibility index (Phi) is 8.51. The number of fused-ring (bicyclic) bond motifs is 3. The molecule has 5 rings (SSSR count). The molecule has 0 saturated heterocycles. The smallest absolute Gasteiger partial charge is 0.140 e. The lowest BCUT2D eigenvalue weighted by Gasteiger charge is -2.70. The van der Waals surface area contributed by atoms with Crippen LogP contribution in [0.2, 0.25) is 0 Å². The number of hydrogen-bond donors (Lipinski definition) is 2. The van der Waals surface area contributed by atoms with E-state index in [1.54, 1.807) is 0 Å². The Labute approximate surface area is 259 Å². The number of carbonyl (C=O) groups is 1. The molecule has 14 unspecified atom stereocenters. The van der Waals surface area contributed by atoms with Crippen molar-refractivity contribution in [3.63, 3.8) is 0 Å². The minimum atomic E-state index is -0.589. The molecule has 0 spiro atoms. The number of ketones is 1. The summed E-state index contributed by atoms with van der Waals surface area (Å²) in [7, 11) is 0. The minimum Gasteiger partial charge on any atom is -0.393 e. The topological polar surface area (TPSA) is 57.5 Å². The fourth-order valence-electron chi connectivity index (χ4n) is 13.6. The second-order valence-corrected chi connectivity index (χ2v) is 19.3. The summed E-state index contributed by atoms with van der Waals surface area (Å²) < 4.78 is 0. The van der Waals surface area contributed by atoms with Crippen LogP contribution < -0.4 is 0 Å². The molecule has 0 bridgehead atoms. The predicted octanol–water partition coefficient (Wildman–Crippen LogP) is 9.04. The fourth-order valence-corrected chi connectivity index (χ4v) is 13.6. The number of aliphatic hydroxyl groups excluding tert-OH is 2. The van der Waals surface area contributed by atoms with Gasteiger partial charge >= 0.3 is 0 Å². The predicted molar refractivity (Wildman–Crippen MR) is 174 cm³/mol. The highest BCUT2D eigenvalue weighted by atomic mass is 16.3. The van der Waals surface area contributed by atoms with Crippen molar-refractivity contribution < 1.29 is 15.0 Å². The van der Waals surface area contributed by atoms with Gasteiger partial charge in [0.2, 0.25) is 0 Å². The Morgan fingerprint density at radius 3 is 2.02 bits per heavy atom. The molecule has 0 aromatic rings. The fraction of sp³-hybridized carbons (Fsp3) is 0.974. The molecule has 3 nitrogen and oxygen atoms in total. The van der Waals surface area contributed by atoms with Gasteiger partial charge < -0.3 is 10.2 Å². The van der Waals surface area contributed by atoms with Crippen molar-refractivity contribution in [3.05, 3.63) is 0 Å². The Morgan fingerprint density at radius 1 is 0.905 bits per heavy atom. The van der Waals surface area contributed by atoms with Gasteiger partial charge in [0.25, 0.3) is 0 Å². The molecule has 5 fully saturated rings. The third kappa shape index (κ3) is 4.82. The zero-order valence-corrected chi connectivity index (χ0v) is 29.5. The molecular formula is C39H68O3. The van der Waals surface area contributed by atoms with Gasteiger partial charge in [0.15, 0.2) is 0 Å². The molecule has 42 heavy (non-hydrogen) atoms. The van der Waals surface area contributed by atoms with Crippen LogP contribution in [0.4, 0.5) is 0 Å². The molecule has 5 aliphatic rings. The van der Waals surface area contributed by atoms with E-state index in [-0.39, 0.29) is 45.8 Å². The normalized spacial score (nSPS) is 54.1. The first kappa shape index (κ1) is 33.0. The van der Waals surface area contributed by atoms with Gasteiger partial charge in [0.1, 0.15) is 5.78 Å². The minimum absolute atomic E-state index is 0.000157. The average Bonchev–Trinajstić information content (AvgIpc) is 2.85. The maximum Gasteiger partial charge on any atom is 0.140 e. The molecule has 0 amide bonds. The summed E-state index contributed by atoms with van der Waals surface area (Å²) >= 11 is 0. The van der Waals surface area contributed by atoms with Gasteiger partial charge in [-0.3, -0.25) is 4.79 Å². The van der Waals surface area contributed by atoms with E-state index in [1.807, 2.05) is 6.92 Å². The maximum absolute atomic E-state index is 15.2. The second-order valence-electron chi connectivity index (χ2n) is 19.3. The lowest BCUT2D eigenvalue weighted by Crippen LogP contribution is -2.70. The molecular weight excluding hydrogens is 516 g/mol. The summed E-state index contributed by atoms with van der Waals surface area (Å²) in [4.78, 5) is 15.2. The maximum atomic E-state index is 15.2. The first-order chi connectivity index (χ1) is 19.3. The van der Waals surface area contributed by atoms with Crippen LogP contribution in [0.5, 0.6) is 0 Å². The number of hydrogen-bond acceptors (Lipinski definition) is 3. The Hall–Kier alpha value is -0.410. The summed E-state index contributed by atoms with van der Waals surface area (Å²) in [6, 6.07) is 0. The van der Waals surface area contributed by atoms with E-state index in [9.17, 15) is 10.2 Å². The number of rotatable bonds is 3. The van der Waals surface area contributed by atoms with Crippen LogP contribution in [0, 0.1) is 92.7 Å². The van der Waals surface area contributed by atoms with Crippen LogP contribution in [0.15, 0.2) is 0 Å². The van der Waals surface area contributed by atoms with Crippen LogP contribution in [0.1, 0.15) is 134 Å². The van der Waals surface area contributed by atoms with Gasteiger partial charge in [0, 0.05) is 23.2 Å². The number of aliphatic hydroxyl groups is 2. The van der Waals surface area contributed by atoms with E-state index in [4.69, 9.17) is 0 Å². The van der Waals surface area contributed by atoms with Gasteiger partial charge in [0.05, 0.1) is 12.2 Å². The first-order valence-electron chi connectivity index (χ1n) is 18.2. The van der Waals surface area contributed by atoms with Crippen molar-refractivity contribution in [3.8, 4) is 0 Å². The van der Waals surface area contributed by atoms with E-state index in [0.29, 0.717) is 40.8 Å². The van der Waals surface area contributed by atoms with Crippen molar-refractivity contribution in [2.24, 2.45) is 92.7 Å². The Morgan fingerprint density at radius 2 is 1.50 bits per heavy atom. The molecule has 14 atom stereocenters. The summed E-state index contributed by atoms with van der Waals surface area (Å²) in [5.41, 5.74) is -0.0488. The third-order valence-corrected chi connectivity index (χ3v) is 15.8. The highest BCUT2D eigenvalue weighted by molar-refractivity contribution is 5.86. The van der Waals surface area contributed by atoms with Crippen molar-refractivity contribution in [1.82, 2.24) is 0 Å². The summed E-state index contributed by atoms with van der Waals surface area (Å²) in [6.45, 7) is 28.2. The van der Waals surface area contributed by atoms with Gasteiger partial charge in [-0.2, -0.15) is 0 Å². The largest absolute Gasteiger partial charge is 0.393 e. The third-order valence-electron chi connectivity index (χ3n) is 15.8. The standard InChI is InChI=1S/C39H68O3/c1-21(2)28-17-29(26-13-15-27(16-14-26)36(7,8)9)23(4)32-30(28)19-37(10)20-38(11)18-22(3)31(25(6)40)35(42)39(38,12)24(5)33(37)34(32)41/h21-33,35,40,42H,13-20H2,1-12H3. The van der Waals surface area contributed by atoms with E-state index < -0.39 is 12.2 Å². The highest BCUT2D eigenvalue weighted by Gasteiger charge is 2.70. The SMILES string of the molecule is CC(C)C1CC(C2CCC(C(C)(C)C)CC2)C(C)C2C(=O)C3C(C)C4(C)C(O)C(C(C)O)C(C)CC4(C)CC3(C)CC12. The number of Topliss-reactive ketones (excluding diaryl/α,β-unsaturated/α-hetero) is 1. The van der Waals surface area contributed by atoms with Crippen LogP contribution in [-0.2, 0) is 4.79 Å². The van der Waals surface area contributed by atoms with Gasteiger partial charge in [-0.15, -0.1) is 0 Å². The van der Waals surface area contributed by atoms with Crippen molar-refractivity contribution in [2.45, 2.75) is 147 Å². The summed E-state index contributed by atoms with van der Waals surface area (Å²) in [6.07, 6.45) is 8.78. The molecule has 5 saturated carbocycles. The summed E-state index contributed by atoms with van der Waals surface area (Å²) in [5.74, 6) is 5.39. The first-order valence-corrected chi connectivity index (χ1v) is 18.2. The molecule has 3 heteroatoms. The molecule has 5 aliphatic carbocycles. The summed E-state index contributed by atoms with van der Waals surface area (Å²) in [5, 5.41) is 22.9. The van der Waals surface area contributed by atoms with E-state index in [1.165, 1.54) is 38.5 Å². The van der Waals surface area contributed by atoms with E-state index in [2.05, 4.69) is 76.2 Å². The molecule has 0 heterocycles. The lowest BCUT2D eigenvalue weighted by molar-refractivity contribution is -0.253. The molecule has 0 aromatic carbocycles. The van der Waals surface area contributed by atoms with Crippen LogP contribution in [-0.4, -0.2) is 28.2 Å². The quantitative estimate of drug-likeness (QED) is 0.348. The second kappa shape index (κ2) is 10.8. The lowest BCUT2D eigenvalue weighted by atomic mass is 9.34. The van der Waals surface area contributed by atoms with Crippen molar-refractivity contribution >= 4 is 5.78 Å². The van der Waals surface area contributed by atoms with Crippen LogP contribution in [0.3, 0.4) is 0 Å². The molecule has 0 radical (unpaired) electrons. The van der Waals surface area contributed by atoms with E-state index in [0.717, 1.165) is 24.7 Å². The van der Waals surface area contributed by atoms with Crippen molar-refractivity contribution in [1.29, 1.82) is 0 Å². The van der Waals surface area contributed by atoms with Crippen molar-refractivity contribution in [2.75, 3.05) is 0 Å². The molecule has 0 aliphatic heterocycles.